The number of carbonyl (C=O) groups excluding carboxylic acids is 1. The van der Waals surface area contributed by atoms with Crippen LogP contribution in [-0.2, 0) is 4.79 Å². The number of hydrogen-bond acceptors (Lipinski definition) is 3. The lowest BCUT2D eigenvalue weighted by molar-refractivity contribution is -0.111. The molecule has 114 valence electrons. The summed E-state index contributed by atoms with van der Waals surface area (Å²) in [5.74, 6) is 0.336. The zero-order valence-corrected chi connectivity index (χ0v) is 12.3. The van der Waals surface area contributed by atoms with Crippen LogP contribution in [0.5, 0.6) is 5.75 Å². The van der Waals surface area contributed by atoms with Gasteiger partial charge in [-0.3, -0.25) is 4.79 Å². The van der Waals surface area contributed by atoms with E-state index in [0.29, 0.717) is 12.4 Å². The van der Waals surface area contributed by atoms with Crippen LogP contribution >= 0.6 is 0 Å². The van der Waals surface area contributed by atoms with Gasteiger partial charge in [-0.1, -0.05) is 19.1 Å². The molecule has 0 spiro atoms. The van der Waals surface area contributed by atoms with E-state index < -0.39 is 5.82 Å². The molecule has 0 aliphatic carbocycles. The molecule has 0 saturated heterocycles. The molecule has 0 unspecified atom stereocenters. The summed E-state index contributed by atoms with van der Waals surface area (Å²) in [7, 11) is 0. The van der Waals surface area contributed by atoms with Crippen molar-refractivity contribution in [2.45, 2.75) is 13.3 Å². The average Bonchev–Trinajstić information content (AvgIpc) is 2.54. The minimum absolute atomic E-state index is 0.305. The summed E-state index contributed by atoms with van der Waals surface area (Å²) >= 11 is 0. The van der Waals surface area contributed by atoms with Crippen molar-refractivity contribution in [2.75, 3.05) is 11.9 Å². The Morgan fingerprint density at radius 1 is 1.27 bits per heavy atom. The Labute approximate surface area is 128 Å². The van der Waals surface area contributed by atoms with E-state index >= 15 is 0 Å². The van der Waals surface area contributed by atoms with Crippen LogP contribution in [-0.4, -0.2) is 17.5 Å². The molecule has 2 aromatic rings. The Morgan fingerprint density at radius 2 is 2.05 bits per heavy atom. The summed E-state index contributed by atoms with van der Waals surface area (Å²) in [6, 6.07) is 10.1. The van der Waals surface area contributed by atoms with Crippen molar-refractivity contribution < 1.29 is 13.9 Å². The lowest BCUT2D eigenvalue weighted by atomic mass is 10.2. The molecular weight excluding hydrogens is 283 g/mol. The van der Waals surface area contributed by atoms with Crippen LogP contribution in [0.25, 0.3) is 6.08 Å². The SMILES string of the molecule is CCCOc1ccc(/C=C/C(=O)Nc2ccc(F)cn2)cc1. The Kier molecular flexibility index (Phi) is 5.65. The quantitative estimate of drug-likeness (QED) is 0.828. The maximum atomic E-state index is 12.7. The van der Waals surface area contributed by atoms with E-state index in [9.17, 15) is 9.18 Å². The van der Waals surface area contributed by atoms with Crippen molar-refractivity contribution in [3.05, 3.63) is 60.1 Å². The van der Waals surface area contributed by atoms with Crippen molar-refractivity contribution >= 4 is 17.8 Å². The first-order valence-corrected chi connectivity index (χ1v) is 7.01. The number of ether oxygens (including phenoxy) is 1. The third-order valence-corrected chi connectivity index (χ3v) is 2.76. The molecule has 4 nitrogen and oxygen atoms in total. The van der Waals surface area contributed by atoms with E-state index in [2.05, 4.69) is 10.3 Å². The van der Waals surface area contributed by atoms with Crippen molar-refractivity contribution in [3.8, 4) is 5.75 Å². The zero-order chi connectivity index (χ0) is 15.8. The van der Waals surface area contributed by atoms with Crippen LogP contribution in [0.4, 0.5) is 10.2 Å². The van der Waals surface area contributed by atoms with Crippen molar-refractivity contribution in [1.82, 2.24) is 4.98 Å². The van der Waals surface area contributed by atoms with Crippen LogP contribution in [0.15, 0.2) is 48.7 Å². The molecule has 0 saturated carbocycles. The molecule has 5 heteroatoms. The lowest BCUT2D eigenvalue weighted by Gasteiger charge is -2.04. The molecular formula is C17H17FN2O2. The molecule has 2 rings (SSSR count). The molecule has 0 aliphatic rings. The van der Waals surface area contributed by atoms with Crippen LogP contribution in [0.1, 0.15) is 18.9 Å². The highest BCUT2D eigenvalue weighted by molar-refractivity contribution is 6.01. The second-order valence-electron chi connectivity index (χ2n) is 4.60. The van der Waals surface area contributed by atoms with Crippen molar-refractivity contribution in [2.24, 2.45) is 0 Å². The van der Waals surface area contributed by atoms with Gasteiger partial charge in [0.05, 0.1) is 12.8 Å². The number of pyridine rings is 1. The summed E-state index contributed by atoms with van der Waals surface area (Å²) < 4.78 is 18.2. The molecule has 0 fully saturated rings. The topological polar surface area (TPSA) is 51.2 Å². The Morgan fingerprint density at radius 3 is 2.68 bits per heavy atom. The van der Waals surface area contributed by atoms with Gasteiger partial charge in [0.2, 0.25) is 5.91 Å². The Bertz CT molecular complexity index is 637. The van der Waals surface area contributed by atoms with Crippen LogP contribution in [0, 0.1) is 5.82 Å². The van der Waals surface area contributed by atoms with Crippen LogP contribution in [0.3, 0.4) is 0 Å². The highest BCUT2D eigenvalue weighted by Crippen LogP contribution is 2.13. The van der Waals surface area contributed by atoms with E-state index in [0.717, 1.165) is 23.9 Å². The minimum Gasteiger partial charge on any atom is -0.494 e. The van der Waals surface area contributed by atoms with E-state index in [1.54, 1.807) is 6.08 Å². The van der Waals surface area contributed by atoms with Gasteiger partial charge in [0, 0.05) is 6.08 Å². The number of halogens is 1. The number of amides is 1. The number of rotatable bonds is 6. The summed E-state index contributed by atoms with van der Waals surface area (Å²) in [4.78, 5) is 15.5. The summed E-state index contributed by atoms with van der Waals surface area (Å²) in [5.41, 5.74) is 0.881. The number of benzene rings is 1. The maximum Gasteiger partial charge on any atom is 0.249 e. The average molecular weight is 300 g/mol. The molecule has 1 heterocycles. The van der Waals surface area contributed by atoms with Gasteiger partial charge < -0.3 is 10.1 Å². The highest BCUT2D eigenvalue weighted by atomic mass is 19.1. The highest BCUT2D eigenvalue weighted by Gasteiger charge is 1.99. The molecule has 22 heavy (non-hydrogen) atoms. The largest absolute Gasteiger partial charge is 0.494 e. The maximum absolute atomic E-state index is 12.7. The van der Waals surface area contributed by atoms with E-state index in [1.807, 2.05) is 31.2 Å². The zero-order valence-electron chi connectivity index (χ0n) is 12.3. The molecule has 0 aliphatic heterocycles. The summed E-state index contributed by atoms with van der Waals surface area (Å²) in [6.45, 7) is 2.73. The van der Waals surface area contributed by atoms with Crippen molar-refractivity contribution in [3.63, 3.8) is 0 Å². The number of nitrogens with one attached hydrogen (secondary N) is 1. The van der Waals surface area contributed by atoms with Crippen LogP contribution < -0.4 is 10.1 Å². The third kappa shape index (κ3) is 5.01. The second-order valence-corrected chi connectivity index (χ2v) is 4.60. The number of anilines is 1. The van der Waals surface area contributed by atoms with Gasteiger partial charge >= 0.3 is 0 Å². The molecule has 0 bridgehead atoms. The van der Waals surface area contributed by atoms with E-state index in [4.69, 9.17) is 4.74 Å². The standard InChI is InChI=1S/C17H17FN2O2/c1-2-11-22-15-7-3-13(4-8-15)5-10-17(21)20-16-9-6-14(18)12-19-16/h3-10,12H,2,11H2,1H3,(H,19,20,21)/b10-5+. The molecule has 1 amide bonds. The number of carbonyl (C=O) groups is 1. The third-order valence-electron chi connectivity index (χ3n) is 2.76. The summed E-state index contributed by atoms with van der Waals surface area (Å²) in [6.07, 6.45) is 5.09. The first-order chi connectivity index (χ1) is 10.7. The van der Waals surface area contributed by atoms with Gasteiger partial charge in [0.1, 0.15) is 17.4 Å². The second kappa shape index (κ2) is 7.93. The van der Waals surface area contributed by atoms with Gasteiger partial charge in [0.15, 0.2) is 0 Å². The monoisotopic (exact) mass is 300 g/mol. The van der Waals surface area contributed by atoms with Crippen molar-refractivity contribution in [1.29, 1.82) is 0 Å². The molecule has 1 N–H and O–H groups in total. The molecule has 1 aromatic carbocycles. The number of nitrogens with zero attached hydrogens (tertiary/aromatic N) is 1. The first kappa shape index (κ1) is 15.7. The lowest BCUT2D eigenvalue weighted by Crippen LogP contribution is -2.09. The first-order valence-electron chi connectivity index (χ1n) is 7.01. The minimum atomic E-state index is -0.445. The Hall–Kier alpha value is -2.69. The fourth-order valence-electron chi connectivity index (χ4n) is 1.68. The Balaban J connectivity index is 1.90. The van der Waals surface area contributed by atoms with Gasteiger partial charge in [-0.25, -0.2) is 9.37 Å². The summed E-state index contributed by atoms with van der Waals surface area (Å²) in [5, 5.41) is 2.55. The smallest absolute Gasteiger partial charge is 0.249 e. The fraction of sp³-hybridized carbons (Fsp3) is 0.176. The van der Waals surface area contributed by atoms with Gasteiger partial charge in [-0.2, -0.15) is 0 Å². The van der Waals surface area contributed by atoms with E-state index in [1.165, 1.54) is 18.2 Å². The van der Waals surface area contributed by atoms with Gasteiger partial charge in [-0.15, -0.1) is 0 Å². The van der Waals surface area contributed by atoms with E-state index in [-0.39, 0.29) is 5.91 Å². The molecule has 0 radical (unpaired) electrons. The van der Waals surface area contributed by atoms with Gasteiger partial charge in [0.25, 0.3) is 0 Å². The number of hydrogen-bond donors (Lipinski definition) is 1. The fourth-order valence-corrected chi connectivity index (χ4v) is 1.68. The molecule has 0 atom stereocenters. The van der Waals surface area contributed by atoms with Gasteiger partial charge in [-0.05, 0) is 42.3 Å². The predicted molar refractivity (Wildman–Crippen MR) is 84.1 cm³/mol. The number of aromatic nitrogens is 1. The molecule has 1 aromatic heterocycles. The normalized spacial score (nSPS) is 10.6. The predicted octanol–water partition coefficient (Wildman–Crippen LogP) is 3.66. The van der Waals surface area contributed by atoms with Crippen LogP contribution in [0.2, 0.25) is 0 Å².